The second kappa shape index (κ2) is 6.94. The van der Waals surface area contributed by atoms with Gasteiger partial charge < -0.3 is 9.64 Å². The molecule has 4 aliphatic rings. The van der Waals surface area contributed by atoms with Gasteiger partial charge in [0.2, 0.25) is 5.91 Å². The first-order chi connectivity index (χ1) is 12.1. The van der Waals surface area contributed by atoms with E-state index in [-0.39, 0.29) is 11.7 Å². The monoisotopic (exact) mass is 346 g/mol. The minimum Gasteiger partial charge on any atom is -0.497 e. The first-order valence-corrected chi connectivity index (χ1v) is 9.49. The SMILES string of the molecule is COc1ccc(F)c(CN2C[C@H]3CC[C@@H]2CN(C(=O)C2CCC2)C3)c1. The highest BCUT2D eigenvalue weighted by atomic mass is 19.1. The summed E-state index contributed by atoms with van der Waals surface area (Å²) >= 11 is 0. The highest BCUT2D eigenvalue weighted by Crippen LogP contribution is 2.34. The minimum atomic E-state index is -0.177. The Morgan fingerprint density at radius 1 is 1.20 bits per heavy atom. The number of hydrogen-bond acceptors (Lipinski definition) is 3. The number of ether oxygens (including phenoxy) is 1. The van der Waals surface area contributed by atoms with Crippen molar-refractivity contribution >= 4 is 5.91 Å². The molecule has 0 radical (unpaired) electrons. The van der Waals surface area contributed by atoms with Gasteiger partial charge in [-0.3, -0.25) is 9.69 Å². The first kappa shape index (κ1) is 16.8. The zero-order valence-electron chi connectivity index (χ0n) is 14.9. The molecule has 0 aromatic heterocycles. The average Bonchev–Trinajstić information content (AvgIpc) is 2.87. The normalized spacial score (nSPS) is 27.0. The van der Waals surface area contributed by atoms with Gasteiger partial charge in [0.1, 0.15) is 11.6 Å². The van der Waals surface area contributed by atoms with Crippen molar-refractivity contribution in [2.75, 3.05) is 26.7 Å². The van der Waals surface area contributed by atoms with Gasteiger partial charge in [-0.2, -0.15) is 0 Å². The third-order valence-electron chi connectivity index (χ3n) is 6.22. The molecule has 1 amide bonds. The molecule has 1 aliphatic carbocycles. The molecule has 1 saturated carbocycles. The number of hydrogen-bond donors (Lipinski definition) is 0. The molecule has 1 aromatic rings. The molecule has 2 atom stereocenters. The van der Waals surface area contributed by atoms with Gasteiger partial charge >= 0.3 is 0 Å². The smallest absolute Gasteiger partial charge is 0.225 e. The largest absolute Gasteiger partial charge is 0.497 e. The number of rotatable bonds is 4. The quantitative estimate of drug-likeness (QED) is 0.840. The zero-order chi connectivity index (χ0) is 17.4. The summed E-state index contributed by atoms with van der Waals surface area (Å²) in [5.74, 6) is 1.65. The van der Waals surface area contributed by atoms with E-state index in [4.69, 9.17) is 4.74 Å². The molecule has 4 nitrogen and oxygen atoms in total. The van der Waals surface area contributed by atoms with Gasteiger partial charge in [0.15, 0.2) is 0 Å². The fourth-order valence-corrected chi connectivity index (χ4v) is 4.48. The van der Waals surface area contributed by atoms with Crippen molar-refractivity contribution < 1.29 is 13.9 Å². The zero-order valence-corrected chi connectivity index (χ0v) is 14.9. The van der Waals surface area contributed by atoms with E-state index in [9.17, 15) is 9.18 Å². The molecule has 0 N–H and O–H groups in total. The van der Waals surface area contributed by atoms with Crippen LogP contribution in [-0.4, -0.2) is 48.5 Å². The Balaban J connectivity index is 1.48. The van der Waals surface area contributed by atoms with E-state index in [2.05, 4.69) is 9.80 Å². The third-order valence-corrected chi connectivity index (χ3v) is 6.22. The van der Waals surface area contributed by atoms with Crippen LogP contribution in [0.1, 0.15) is 37.7 Å². The summed E-state index contributed by atoms with van der Waals surface area (Å²) in [4.78, 5) is 17.2. The molecule has 3 saturated heterocycles. The van der Waals surface area contributed by atoms with E-state index >= 15 is 0 Å². The van der Waals surface area contributed by atoms with Crippen LogP contribution in [0.5, 0.6) is 5.75 Å². The van der Waals surface area contributed by atoms with Gasteiger partial charge in [0.25, 0.3) is 0 Å². The van der Waals surface area contributed by atoms with Crippen molar-refractivity contribution in [2.45, 2.75) is 44.7 Å². The van der Waals surface area contributed by atoms with E-state index in [0.29, 0.717) is 35.7 Å². The molecule has 0 spiro atoms. The lowest BCUT2D eigenvalue weighted by atomic mass is 9.84. The standard InChI is InChI=1S/C20H27FN2O2/c1-25-18-7-8-19(21)16(9-18)12-22-10-14-5-6-17(22)13-23(11-14)20(24)15-3-2-4-15/h7-9,14-15,17H,2-6,10-13H2,1H3/t14-,17-/m1/s1. The number of methoxy groups -OCH3 is 1. The third kappa shape index (κ3) is 3.39. The van der Waals surface area contributed by atoms with Crippen LogP contribution in [-0.2, 0) is 11.3 Å². The van der Waals surface area contributed by atoms with Crippen molar-refractivity contribution in [3.05, 3.63) is 29.6 Å². The van der Waals surface area contributed by atoms with Crippen LogP contribution in [0, 0.1) is 17.7 Å². The summed E-state index contributed by atoms with van der Waals surface area (Å²) in [6, 6.07) is 5.28. The number of amides is 1. The molecule has 3 aliphatic heterocycles. The highest BCUT2D eigenvalue weighted by Gasteiger charge is 2.39. The summed E-state index contributed by atoms with van der Waals surface area (Å²) < 4.78 is 19.5. The number of nitrogens with zero attached hydrogens (tertiary/aromatic N) is 2. The van der Waals surface area contributed by atoms with E-state index in [1.54, 1.807) is 19.2 Å². The van der Waals surface area contributed by atoms with Crippen molar-refractivity contribution in [1.82, 2.24) is 9.80 Å². The van der Waals surface area contributed by atoms with Gasteiger partial charge in [-0.05, 0) is 49.8 Å². The molecular weight excluding hydrogens is 319 g/mol. The van der Waals surface area contributed by atoms with E-state index in [0.717, 1.165) is 38.9 Å². The molecule has 5 heteroatoms. The molecule has 0 unspecified atom stereocenters. The van der Waals surface area contributed by atoms with Crippen LogP contribution in [0.4, 0.5) is 4.39 Å². The topological polar surface area (TPSA) is 32.8 Å². The fraction of sp³-hybridized carbons (Fsp3) is 0.650. The predicted octanol–water partition coefficient (Wildman–Crippen LogP) is 3.06. The molecule has 4 fully saturated rings. The molecular formula is C20H27FN2O2. The number of carbonyl (C=O) groups is 1. The summed E-state index contributed by atoms with van der Waals surface area (Å²) in [7, 11) is 1.61. The van der Waals surface area contributed by atoms with E-state index in [1.807, 2.05) is 0 Å². The number of fused-ring (bicyclic) bond motifs is 4. The molecule has 2 bridgehead atoms. The molecule has 136 valence electrons. The Labute approximate surface area is 148 Å². The van der Waals surface area contributed by atoms with Crippen LogP contribution < -0.4 is 4.74 Å². The second-order valence-corrected chi connectivity index (χ2v) is 7.86. The van der Waals surface area contributed by atoms with Crippen molar-refractivity contribution in [2.24, 2.45) is 11.8 Å². The fourth-order valence-electron chi connectivity index (χ4n) is 4.48. The predicted molar refractivity (Wildman–Crippen MR) is 93.8 cm³/mol. The average molecular weight is 346 g/mol. The summed E-state index contributed by atoms with van der Waals surface area (Å²) in [6.07, 6.45) is 5.59. The van der Waals surface area contributed by atoms with Gasteiger partial charge in [0, 0.05) is 43.7 Å². The lowest BCUT2D eigenvalue weighted by Gasteiger charge is -2.36. The number of benzene rings is 1. The Hall–Kier alpha value is -1.62. The van der Waals surface area contributed by atoms with Gasteiger partial charge in [0.05, 0.1) is 7.11 Å². The molecule has 5 rings (SSSR count). The van der Waals surface area contributed by atoms with Crippen LogP contribution in [0.25, 0.3) is 0 Å². The van der Waals surface area contributed by atoms with Crippen LogP contribution in [0.2, 0.25) is 0 Å². The lowest BCUT2D eigenvalue weighted by molar-refractivity contribution is -0.138. The van der Waals surface area contributed by atoms with Crippen LogP contribution in [0.3, 0.4) is 0 Å². The Kier molecular flexibility index (Phi) is 4.67. The Morgan fingerprint density at radius 2 is 2.04 bits per heavy atom. The Bertz CT molecular complexity index is 647. The maximum absolute atomic E-state index is 14.2. The van der Waals surface area contributed by atoms with Crippen LogP contribution >= 0.6 is 0 Å². The van der Waals surface area contributed by atoms with Gasteiger partial charge in [-0.25, -0.2) is 4.39 Å². The highest BCUT2D eigenvalue weighted by molar-refractivity contribution is 5.79. The van der Waals surface area contributed by atoms with Crippen molar-refractivity contribution in [3.63, 3.8) is 0 Å². The first-order valence-electron chi connectivity index (χ1n) is 9.49. The second-order valence-electron chi connectivity index (χ2n) is 7.86. The van der Waals surface area contributed by atoms with Gasteiger partial charge in [-0.1, -0.05) is 6.42 Å². The summed E-state index contributed by atoms with van der Waals surface area (Å²) in [5.41, 5.74) is 0.684. The molecule has 1 aromatic carbocycles. The van der Waals surface area contributed by atoms with Gasteiger partial charge in [-0.15, -0.1) is 0 Å². The number of halogens is 1. The van der Waals surface area contributed by atoms with E-state index < -0.39 is 0 Å². The van der Waals surface area contributed by atoms with Crippen molar-refractivity contribution in [3.8, 4) is 5.75 Å². The molecule has 3 heterocycles. The maximum Gasteiger partial charge on any atom is 0.225 e. The van der Waals surface area contributed by atoms with Crippen LogP contribution in [0.15, 0.2) is 18.2 Å². The van der Waals surface area contributed by atoms with Crippen molar-refractivity contribution in [1.29, 1.82) is 0 Å². The Morgan fingerprint density at radius 3 is 2.76 bits per heavy atom. The summed E-state index contributed by atoms with van der Waals surface area (Å²) in [5, 5.41) is 0. The molecule has 25 heavy (non-hydrogen) atoms. The van der Waals surface area contributed by atoms with E-state index in [1.165, 1.54) is 18.9 Å². The number of carbonyl (C=O) groups excluding carboxylic acids is 1. The minimum absolute atomic E-state index is 0.177. The number of piperidine rings is 1. The maximum atomic E-state index is 14.2. The summed E-state index contributed by atoms with van der Waals surface area (Å²) in [6.45, 7) is 3.23. The lowest BCUT2D eigenvalue weighted by Crippen LogP contribution is -2.45.